The van der Waals surface area contributed by atoms with Crippen molar-refractivity contribution in [2.75, 3.05) is 11.9 Å². The summed E-state index contributed by atoms with van der Waals surface area (Å²) in [6, 6.07) is 7.42. The average molecular weight is 300 g/mol. The van der Waals surface area contributed by atoms with Crippen LogP contribution >= 0.6 is 0 Å². The first kappa shape index (κ1) is 15.2. The maximum Gasteiger partial charge on any atom is 0.236 e. The van der Waals surface area contributed by atoms with Gasteiger partial charge in [0.1, 0.15) is 5.92 Å². The number of aliphatic hydroxyl groups is 1. The van der Waals surface area contributed by atoms with E-state index in [4.69, 9.17) is 0 Å². The number of nitrogens with zero attached hydrogens (tertiary/aromatic N) is 1. The lowest BCUT2D eigenvalue weighted by atomic mass is 9.86. The Morgan fingerprint density at radius 3 is 2.77 bits per heavy atom. The van der Waals surface area contributed by atoms with E-state index in [-0.39, 0.29) is 5.91 Å². The highest BCUT2D eigenvalue weighted by atomic mass is 16.3. The van der Waals surface area contributed by atoms with Crippen molar-refractivity contribution >= 4 is 17.3 Å². The standard InChI is InChI=1S/C18H24N2O2/c1-12(19-11-13-7-3-2-4-8-13)16-17(21)14-9-5-6-10-15(14)20-18(16)22/h5-6,9-10,13,16-17,21H,2-4,7-8,11H2,1H3,(H,20,22). The van der Waals surface area contributed by atoms with Crippen molar-refractivity contribution < 1.29 is 9.90 Å². The van der Waals surface area contributed by atoms with Gasteiger partial charge in [0.25, 0.3) is 0 Å². The number of rotatable bonds is 3. The molecule has 4 heteroatoms. The van der Waals surface area contributed by atoms with Gasteiger partial charge in [-0.1, -0.05) is 37.5 Å². The van der Waals surface area contributed by atoms with Gasteiger partial charge in [-0.05, 0) is 31.7 Å². The molecule has 2 N–H and O–H groups in total. The van der Waals surface area contributed by atoms with Crippen LogP contribution in [-0.4, -0.2) is 23.3 Å². The van der Waals surface area contributed by atoms with E-state index in [1.807, 2.05) is 31.2 Å². The molecule has 1 aromatic carbocycles. The number of amides is 1. The number of carbonyl (C=O) groups is 1. The lowest BCUT2D eigenvalue weighted by Gasteiger charge is -2.30. The highest BCUT2D eigenvalue weighted by Crippen LogP contribution is 2.35. The van der Waals surface area contributed by atoms with Crippen LogP contribution in [0.2, 0.25) is 0 Å². The molecule has 2 unspecified atom stereocenters. The number of anilines is 1. The van der Waals surface area contributed by atoms with E-state index < -0.39 is 12.0 Å². The van der Waals surface area contributed by atoms with Crippen molar-refractivity contribution in [2.45, 2.75) is 45.1 Å². The molecule has 1 saturated carbocycles. The first-order valence-corrected chi connectivity index (χ1v) is 8.25. The highest BCUT2D eigenvalue weighted by molar-refractivity contribution is 6.11. The first-order chi connectivity index (χ1) is 10.7. The van der Waals surface area contributed by atoms with E-state index in [1.54, 1.807) is 0 Å². The molecule has 0 radical (unpaired) electrons. The van der Waals surface area contributed by atoms with Crippen molar-refractivity contribution in [1.82, 2.24) is 0 Å². The van der Waals surface area contributed by atoms with Gasteiger partial charge in [-0.3, -0.25) is 9.79 Å². The van der Waals surface area contributed by atoms with Crippen LogP contribution in [0.5, 0.6) is 0 Å². The fourth-order valence-corrected chi connectivity index (χ4v) is 3.56. The number of benzene rings is 1. The molecule has 0 saturated heterocycles. The minimum atomic E-state index is -0.806. The van der Waals surface area contributed by atoms with E-state index in [2.05, 4.69) is 10.3 Å². The summed E-state index contributed by atoms with van der Waals surface area (Å²) < 4.78 is 0. The fourth-order valence-electron chi connectivity index (χ4n) is 3.56. The van der Waals surface area contributed by atoms with Crippen LogP contribution in [-0.2, 0) is 4.79 Å². The predicted octanol–water partition coefficient (Wildman–Crippen LogP) is 3.33. The molecule has 0 spiro atoms. The number of fused-ring (bicyclic) bond motifs is 1. The van der Waals surface area contributed by atoms with E-state index in [1.165, 1.54) is 32.1 Å². The third-order valence-electron chi connectivity index (χ3n) is 4.91. The molecule has 1 aliphatic heterocycles. The summed E-state index contributed by atoms with van der Waals surface area (Å²) in [5, 5.41) is 13.4. The molecule has 4 nitrogen and oxygen atoms in total. The Hall–Kier alpha value is -1.68. The largest absolute Gasteiger partial charge is 0.387 e. The van der Waals surface area contributed by atoms with Gasteiger partial charge in [0.15, 0.2) is 0 Å². The predicted molar refractivity (Wildman–Crippen MR) is 88.1 cm³/mol. The zero-order valence-electron chi connectivity index (χ0n) is 13.1. The molecule has 2 atom stereocenters. The minimum Gasteiger partial charge on any atom is -0.387 e. The number of nitrogens with one attached hydrogen (secondary N) is 1. The molecule has 1 aromatic rings. The van der Waals surface area contributed by atoms with Crippen LogP contribution in [0.25, 0.3) is 0 Å². The lowest BCUT2D eigenvalue weighted by Crippen LogP contribution is -2.38. The fraction of sp³-hybridized carbons (Fsp3) is 0.556. The van der Waals surface area contributed by atoms with E-state index in [9.17, 15) is 9.90 Å². The normalized spacial score (nSPS) is 26.5. The van der Waals surface area contributed by atoms with Gasteiger partial charge in [-0.25, -0.2) is 0 Å². The quantitative estimate of drug-likeness (QED) is 0.841. The summed E-state index contributed by atoms with van der Waals surface area (Å²) in [4.78, 5) is 16.9. The zero-order valence-corrected chi connectivity index (χ0v) is 13.1. The maximum atomic E-state index is 12.3. The summed E-state index contributed by atoms with van der Waals surface area (Å²) in [6.07, 6.45) is 5.58. The summed E-state index contributed by atoms with van der Waals surface area (Å²) in [5.41, 5.74) is 2.22. The number of hydrogen-bond acceptors (Lipinski definition) is 3. The van der Waals surface area contributed by atoms with Crippen LogP contribution in [0, 0.1) is 11.8 Å². The molecule has 22 heavy (non-hydrogen) atoms. The summed E-state index contributed by atoms with van der Waals surface area (Å²) in [5.74, 6) is -0.0886. The van der Waals surface area contributed by atoms with Gasteiger partial charge in [0, 0.05) is 23.5 Å². The van der Waals surface area contributed by atoms with Crippen LogP contribution in [0.4, 0.5) is 5.69 Å². The van der Waals surface area contributed by atoms with Gasteiger partial charge in [0.05, 0.1) is 6.10 Å². The molecule has 1 aliphatic carbocycles. The van der Waals surface area contributed by atoms with Crippen LogP contribution < -0.4 is 5.32 Å². The average Bonchev–Trinajstić information content (AvgIpc) is 2.54. The number of aliphatic hydroxyl groups excluding tert-OH is 1. The Morgan fingerprint density at radius 1 is 1.27 bits per heavy atom. The Balaban J connectivity index is 1.74. The first-order valence-electron chi connectivity index (χ1n) is 8.25. The smallest absolute Gasteiger partial charge is 0.236 e. The van der Waals surface area contributed by atoms with Gasteiger partial charge in [-0.15, -0.1) is 0 Å². The van der Waals surface area contributed by atoms with Crippen molar-refractivity contribution in [2.24, 2.45) is 16.8 Å². The van der Waals surface area contributed by atoms with Crippen LogP contribution in [0.15, 0.2) is 29.3 Å². The van der Waals surface area contributed by atoms with Crippen LogP contribution in [0.3, 0.4) is 0 Å². The third-order valence-corrected chi connectivity index (χ3v) is 4.91. The van der Waals surface area contributed by atoms with Gasteiger partial charge < -0.3 is 10.4 Å². The molecular formula is C18H24N2O2. The van der Waals surface area contributed by atoms with E-state index in [0.29, 0.717) is 11.6 Å². The lowest BCUT2D eigenvalue weighted by molar-refractivity contribution is -0.121. The maximum absolute atomic E-state index is 12.3. The van der Waals surface area contributed by atoms with Gasteiger partial charge >= 0.3 is 0 Å². The number of para-hydroxylation sites is 1. The highest BCUT2D eigenvalue weighted by Gasteiger charge is 2.36. The molecule has 3 rings (SSSR count). The van der Waals surface area contributed by atoms with Gasteiger partial charge in [0.2, 0.25) is 5.91 Å². The molecule has 118 valence electrons. The summed E-state index contributed by atoms with van der Waals surface area (Å²) in [6.45, 7) is 2.65. The SMILES string of the molecule is CC(=NCC1CCCCC1)C1C(=O)Nc2ccccc2C1O. The minimum absolute atomic E-state index is 0.156. The Labute approximate surface area is 131 Å². The number of aliphatic imine (C=N–C) groups is 1. The monoisotopic (exact) mass is 300 g/mol. The summed E-state index contributed by atoms with van der Waals surface area (Å²) in [7, 11) is 0. The van der Waals surface area contributed by atoms with Gasteiger partial charge in [-0.2, -0.15) is 0 Å². The topological polar surface area (TPSA) is 61.7 Å². The molecule has 1 fully saturated rings. The molecular weight excluding hydrogens is 276 g/mol. The molecule has 1 heterocycles. The number of hydrogen-bond donors (Lipinski definition) is 2. The summed E-state index contributed by atoms with van der Waals surface area (Å²) >= 11 is 0. The zero-order chi connectivity index (χ0) is 15.5. The van der Waals surface area contributed by atoms with Crippen LogP contribution in [0.1, 0.15) is 50.7 Å². The molecule has 0 aromatic heterocycles. The third kappa shape index (κ3) is 3.07. The molecule has 2 aliphatic rings. The van der Waals surface area contributed by atoms with E-state index in [0.717, 1.165) is 17.8 Å². The Kier molecular flexibility index (Phi) is 4.57. The molecule has 1 amide bonds. The Morgan fingerprint density at radius 2 is 2.00 bits per heavy atom. The van der Waals surface area contributed by atoms with Crippen molar-refractivity contribution in [3.8, 4) is 0 Å². The van der Waals surface area contributed by atoms with E-state index >= 15 is 0 Å². The second kappa shape index (κ2) is 6.61. The van der Waals surface area contributed by atoms with Crippen molar-refractivity contribution in [3.63, 3.8) is 0 Å². The van der Waals surface area contributed by atoms with Crippen molar-refractivity contribution in [1.29, 1.82) is 0 Å². The Bertz CT molecular complexity index is 576. The number of carbonyl (C=O) groups excluding carboxylic acids is 1. The van der Waals surface area contributed by atoms with Crippen molar-refractivity contribution in [3.05, 3.63) is 29.8 Å². The molecule has 0 bridgehead atoms. The second-order valence-corrected chi connectivity index (χ2v) is 6.49. The second-order valence-electron chi connectivity index (χ2n) is 6.49.